The van der Waals surface area contributed by atoms with Crippen LogP contribution in [0.25, 0.3) is 6.08 Å². The van der Waals surface area contributed by atoms with E-state index in [1.54, 1.807) is 25.1 Å². The summed E-state index contributed by atoms with van der Waals surface area (Å²) in [6.07, 6.45) is -2.59. The van der Waals surface area contributed by atoms with Gasteiger partial charge in [-0.2, -0.15) is 13.2 Å². The summed E-state index contributed by atoms with van der Waals surface area (Å²) in [5.74, 6) is -1.66. The average Bonchev–Trinajstić information content (AvgIpc) is 2.69. The minimum atomic E-state index is -4.50. The number of rotatable bonds is 6. The molecule has 2 aromatic rings. The Bertz CT molecular complexity index is 980. The molecule has 2 aromatic carbocycles. The normalized spacial score (nSPS) is 11.8. The van der Waals surface area contributed by atoms with Crippen molar-refractivity contribution in [1.29, 1.82) is 5.41 Å². The summed E-state index contributed by atoms with van der Waals surface area (Å²) in [7, 11) is 0. The summed E-state index contributed by atoms with van der Waals surface area (Å²) in [5, 5.41) is 16.9. The number of nitrogens with zero attached hydrogens (tertiary/aromatic N) is 1. The van der Waals surface area contributed by atoms with Crippen LogP contribution in [-0.4, -0.2) is 27.7 Å². The van der Waals surface area contributed by atoms with Gasteiger partial charge < -0.3 is 5.11 Å². The third kappa shape index (κ3) is 5.79. The second-order valence-electron chi connectivity index (χ2n) is 6.63. The predicted octanol–water partition coefficient (Wildman–Crippen LogP) is 5.22. The lowest BCUT2D eigenvalue weighted by Gasteiger charge is -2.23. The Labute approximate surface area is 172 Å². The minimum Gasteiger partial charge on any atom is -0.478 e. The second kappa shape index (κ2) is 9.39. The largest absolute Gasteiger partial charge is 0.478 e. The zero-order valence-corrected chi connectivity index (χ0v) is 16.5. The number of nitrogens with one attached hydrogen (secondary N) is 1. The Morgan fingerprint density at radius 1 is 1.13 bits per heavy atom. The van der Waals surface area contributed by atoms with E-state index < -0.39 is 23.6 Å². The Kier molecular flexibility index (Phi) is 7.15. The maximum atomic E-state index is 13.0. The smallest absolute Gasteiger partial charge is 0.416 e. The van der Waals surface area contributed by atoms with Crippen LogP contribution in [0.1, 0.15) is 47.3 Å². The molecular weight excluding hydrogens is 397 g/mol. The Balaban J connectivity index is 2.30. The number of hydrogen-bond donors (Lipinski definition) is 2. The summed E-state index contributed by atoms with van der Waals surface area (Å²) >= 11 is 0. The molecule has 0 atom stereocenters. The number of alkyl halides is 3. The highest BCUT2D eigenvalue weighted by Gasteiger charge is 2.30. The highest BCUT2D eigenvalue weighted by Crippen LogP contribution is 2.30. The molecule has 0 aliphatic rings. The fourth-order valence-electron chi connectivity index (χ4n) is 2.78. The zero-order valence-electron chi connectivity index (χ0n) is 16.5. The Hall–Kier alpha value is -3.42. The highest BCUT2D eigenvalue weighted by molar-refractivity contribution is 6.06. The lowest BCUT2D eigenvalue weighted by molar-refractivity contribution is -0.137. The number of benzene rings is 2. The maximum absolute atomic E-state index is 13.0. The van der Waals surface area contributed by atoms with E-state index in [1.807, 2.05) is 0 Å². The van der Waals surface area contributed by atoms with Crippen molar-refractivity contribution in [2.75, 3.05) is 0 Å². The van der Waals surface area contributed by atoms with Crippen LogP contribution >= 0.6 is 0 Å². The topological polar surface area (TPSA) is 81.5 Å². The van der Waals surface area contributed by atoms with Crippen LogP contribution in [0.15, 0.2) is 54.1 Å². The van der Waals surface area contributed by atoms with Gasteiger partial charge >= 0.3 is 12.1 Å². The van der Waals surface area contributed by atoms with Crippen molar-refractivity contribution in [1.82, 2.24) is 4.90 Å². The molecule has 0 fully saturated rings. The molecule has 158 valence electrons. The summed E-state index contributed by atoms with van der Waals surface area (Å²) in [4.78, 5) is 25.0. The number of halogens is 3. The fourth-order valence-corrected chi connectivity index (χ4v) is 2.78. The molecule has 0 aromatic heterocycles. The number of carbonyl (C=O) groups is 2. The molecule has 0 bridgehead atoms. The number of amidine groups is 1. The van der Waals surface area contributed by atoms with Crippen molar-refractivity contribution in [2.45, 2.75) is 33.0 Å². The van der Waals surface area contributed by atoms with E-state index in [1.165, 1.54) is 31.2 Å². The van der Waals surface area contributed by atoms with Gasteiger partial charge in [-0.3, -0.25) is 15.1 Å². The molecule has 0 spiro atoms. The van der Waals surface area contributed by atoms with Crippen molar-refractivity contribution >= 4 is 23.8 Å². The zero-order chi connectivity index (χ0) is 22.5. The van der Waals surface area contributed by atoms with E-state index in [0.717, 1.165) is 17.0 Å². The number of carboxylic acids is 1. The molecule has 0 aliphatic heterocycles. The van der Waals surface area contributed by atoms with E-state index in [-0.39, 0.29) is 23.5 Å². The van der Waals surface area contributed by atoms with Gasteiger partial charge in [-0.1, -0.05) is 31.2 Å². The first-order chi connectivity index (χ1) is 14.0. The van der Waals surface area contributed by atoms with Crippen LogP contribution in [0.5, 0.6) is 0 Å². The molecule has 0 radical (unpaired) electrons. The van der Waals surface area contributed by atoms with Gasteiger partial charge in [-0.05, 0) is 54.8 Å². The average molecular weight is 418 g/mol. The lowest BCUT2D eigenvalue weighted by atomic mass is 10.0. The maximum Gasteiger partial charge on any atom is 0.416 e. The van der Waals surface area contributed by atoms with Crippen molar-refractivity contribution in [3.63, 3.8) is 0 Å². The Morgan fingerprint density at radius 2 is 1.77 bits per heavy atom. The first-order valence-corrected chi connectivity index (χ1v) is 9.10. The molecule has 0 saturated heterocycles. The number of aromatic carboxylic acids is 1. The van der Waals surface area contributed by atoms with Crippen molar-refractivity contribution in [3.8, 4) is 0 Å². The summed E-state index contributed by atoms with van der Waals surface area (Å²) in [6.45, 7) is 2.96. The van der Waals surface area contributed by atoms with E-state index >= 15 is 0 Å². The van der Waals surface area contributed by atoms with Crippen LogP contribution in [0.3, 0.4) is 0 Å². The van der Waals surface area contributed by atoms with Crippen LogP contribution < -0.4 is 0 Å². The van der Waals surface area contributed by atoms with Crippen molar-refractivity contribution in [3.05, 3.63) is 76.4 Å². The van der Waals surface area contributed by atoms with E-state index in [2.05, 4.69) is 0 Å². The SMILES string of the molecule is CC/C(=C/c1ccc(C(=O)O)cc1)C(=O)N(Cc1cccc(C(F)(F)F)c1)C(C)=N. The van der Waals surface area contributed by atoms with Gasteiger partial charge in [0, 0.05) is 5.57 Å². The second-order valence-corrected chi connectivity index (χ2v) is 6.63. The first kappa shape index (κ1) is 22.9. The molecule has 0 unspecified atom stereocenters. The predicted molar refractivity (Wildman–Crippen MR) is 107 cm³/mol. The van der Waals surface area contributed by atoms with Crippen LogP contribution in [0.4, 0.5) is 13.2 Å². The molecule has 1 amide bonds. The van der Waals surface area contributed by atoms with Crippen molar-refractivity contribution < 1.29 is 27.9 Å². The molecule has 0 aliphatic carbocycles. The van der Waals surface area contributed by atoms with Gasteiger partial charge in [0.2, 0.25) is 0 Å². The van der Waals surface area contributed by atoms with E-state index in [0.29, 0.717) is 17.6 Å². The van der Waals surface area contributed by atoms with Gasteiger partial charge in [-0.15, -0.1) is 0 Å². The minimum absolute atomic E-state index is 0.0991. The number of amides is 1. The first-order valence-electron chi connectivity index (χ1n) is 9.10. The quantitative estimate of drug-likeness (QED) is 0.383. The molecule has 0 heterocycles. The summed E-state index contributed by atoms with van der Waals surface area (Å²) < 4.78 is 38.9. The molecule has 0 saturated carbocycles. The molecule has 30 heavy (non-hydrogen) atoms. The third-order valence-corrected chi connectivity index (χ3v) is 4.40. The molecule has 2 N–H and O–H groups in total. The number of carbonyl (C=O) groups excluding carboxylic acids is 1. The van der Waals surface area contributed by atoms with Gasteiger partial charge in [0.1, 0.15) is 0 Å². The van der Waals surface area contributed by atoms with Gasteiger partial charge in [-0.25, -0.2) is 4.79 Å². The lowest BCUT2D eigenvalue weighted by Crippen LogP contribution is -2.35. The van der Waals surface area contributed by atoms with Gasteiger partial charge in [0.25, 0.3) is 5.91 Å². The van der Waals surface area contributed by atoms with E-state index in [4.69, 9.17) is 10.5 Å². The summed E-state index contributed by atoms with van der Waals surface area (Å²) in [6, 6.07) is 10.6. The Morgan fingerprint density at radius 3 is 2.27 bits per heavy atom. The van der Waals surface area contributed by atoms with Crippen LogP contribution in [-0.2, 0) is 17.5 Å². The van der Waals surface area contributed by atoms with Crippen LogP contribution in [0.2, 0.25) is 0 Å². The highest BCUT2D eigenvalue weighted by atomic mass is 19.4. The van der Waals surface area contributed by atoms with Gasteiger partial charge in [0.05, 0.1) is 23.5 Å². The molecular formula is C22H21F3N2O3. The molecule has 5 nitrogen and oxygen atoms in total. The fraction of sp³-hybridized carbons (Fsp3) is 0.227. The van der Waals surface area contributed by atoms with Crippen LogP contribution in [0, 0.1) is 5.41 Å². The molecule has 8 heteroatoms. The van der Waals surface area contributed by atoms with E-state index in [9.17, 15) is 22.8 Å². The van der Waals surface area contributed by atoms with Crippen molar-refractivity contribution in [2.24, 2.45) is 0 Å². The third-order valence-electron chi connectivity index (χ3n) is 4.40. The number of carboxylic acid groups (broad SMARTS) is 1. The summed E-state index contributed by atoms with van der Waals surface area (Å²) in [5.41, 5.74) is 0.493. The molecule has 2 rings (SSSR count). The van der Waals surface area contributed by atoms with Gasteiger partial charge in [0.15, 0.2) is 0 Å². The monoisotopic (exact) mass is 418 g/mol. The number of hydrogen-bond acceptors (Lipinski definition) is 3. The standard InChI is InChI=1S/C22H21F3N2O3/c1-3-17(11-15-7-9-18(10-8-15)21(29)30)20(28)27(14(2)26)13-16-5-4-6-19(12-16)22(23,24)25/h4-12,26H,3,13H2,1-2H3,(H,29,30)/b17-11-,26-14?.